The Kier molecular flexibility index (Phi) is 5.98. The van der Waals surface area contributed by atoms with E-state index in [-0.39, 0.29) is 11.7 Å². The molecule has 9 heteroatoms. The molecular formula is C20H21N5OS3. The zero-order valence-electron chi connectivity index (χ0n) is 16.4. The number of para-hydroxylation sites is 1. The standard InChI is InChI=1S/C20H21N5OS3/c1-4-25-18(13-9-16(12(2)3)27-10-13)23-24-20(25)28-11-17(26)22-19-21-14-7-5-6-8-15(14)29-19/h5-10,12H,4,11H2,1-3H3,(H,21,22,26). The van der Waals surface area contributed by atoms with Crippen LogP contribution in [-0.4, -0.2) is 31.4 Å². The number of nitrogens with zero attached hydrogens (tertiary/aromatic N) is 4. The van der Waals surface area contributed by atoms with Crippen LogP contribution in [0.2, 0.25) is 0 Å². The van der Waals surface area contributed by atoms with Gasteiger partial charge < -0.3 is 9.88 Å². The van der Waals surface area contributed by atoms with Gasteiger partial charge in [0.15, 0.2) is 16.1 Å². The number of aromatic nitrogens is 4. The molecular weight excluding hydrogens is 422 g/mol. The van der Waals surface area contributed by atoms with Crippen LogP contribution < -0.4 is 5.32 Å². The lowest BCUT2D eigenvalue weighted by atomic mass is 10.1. The molecule has 0 saturated heterocycles. The van der Waals surface area contributed by atoms with Crippen LogP contribution in [0.15, 0.2) is 40.9 Å². The summed E-state index contributed by atoms with van der Waals surface area (Å²) in [4.78, 5) is 18.2. The molecule has 0 spiro atoms. The van der Waals surface area contributed by atoms with E-state index >= 15 is 0 Å². The summed E-state index contributed by atoms with van der Waals surface area (Å²) in [6.45, 7) is 7.18. The summed E-state index contributed by atoms with van der Waals surface area (Å²) >= 11 is 4.61. The molecule has 0 bridgehead atoms. The zero-order valence-corrected chi connectivity index (χ0v) is 18.8. The van der Waals surface area contributed by atoms with Crippen LogP contribution >= 0.6 is 34.4 Å². The number of carbonyl (C=O) groups is 1. The first-order valence-corrected chi connectivity index (χ1v) is 12.0. The number of hydrogen-bond acceptors (Lipinski definition) is 7. The predicted molar refractivity (Wildman–Crippen MR) is 122 cm³/mol. The number of carbonyl (C=O) groups excluding carboxylic acids is 1. The molecule has 29 heavy (non-hydrogen) atoms. The molecule has 0 aliphatic heterocycles. The van der Waals surface area contributed by atoms with Crippen molar-refractivity contribution in [2.75, 3.05) is 11.1 Å². The first-order chi connectivity index (χ1) is 14.0. The van der Waals surface area contributed by atoms with Gasteiger partial charge in [-0.1, -0.05) is 49.1 Å². The molecule has 1 N–H and O–H groups in total. The number of benzene rings is 1. The summed E-state index contributed by atoms with van der Waals surface area (Å²) < 4.78 is 3.12. The SMILES string of the molecule is CCn1c(SCC(=O)Nc2nc3ccccc3s2)nnc1-c1csc(C(C)C)c1. The molecule has 0 saturated carbocycles. The number of fused-ring (bicyclic) bond motifs is 1. The van der Waals surface area contributed by atoms with E-state index in [1.165, 1.54) is 28.0 Å². The number of thiophene rings is 1. The number of hydrogen-bond donors (Lipinski definition) is 1. The minimum absolute atomic E-state index is 0.0983. The molecule has 150 valence electrons. The lowest BCUT2D eigenvalue weighted by molar-refractivity contribution is -0.113. The lowest BCUT2D eigenvalue weighted by Crippen LogP contribution is -2.14. The number of rotatable bonds is 7. The molecule has 0 aliphatic carbocycles. The van der Waals surface area contributed by atoms with Gasteiger partial charge >= 0.3 is 0 Å². The van der Waals surface area contributed by atoms with Crippen LogP contribution in [0.3, 0.4) is 0 Å². The summed E-state index contributed by atoms with van der Waals surface area (Å²) in [6, 6.07) is 10.0. The molecule has 0 fully saturated rings. The second kappa shape index (κ2) is 8.64. The highest BCUT2D eigenvalue weighted by molar-refractivity contribution is 7.99. The van der Waals surface area contributed by atoms with Crippen LogP contribution in [0.4, 0.5) is 5.13 Å². The zero-order chi connectivity index (χ0) is 20.4. The smallest absolute Gasteiger partial charge is 0.236 e. The second-order valence-electron chi connectivity index (χ2n) is 6.77. The minimum Gasteiger partial charge on any atom is -0.302 e. The molecule has 4 aromatic rings. The Morgan fingerprint density at radius 3 is 2.83 bits per heavy atom. The monoisotopic (exact) mass is 443 g/mol. The van der Waals surface area contributed by atoms with Crippen LogP contribution in [0.1, 0.15) is 31.6 Å². The second-order valence-corrected chi connectivity index (χ2v) is 9.68. The maximum Gasteiger partial charge on any atom is 0.236 e. The Labute approximate surface area is 181 Å². The molecule has 0 atom stereocenters. The molecule has 0 unspecified atom stereocenters. The van der Waals surface area contributed by atoms with E-state index in [0.717, 1.165) is 33.3 Å². The third-order valence-corrected chi connectivity index (χ3v) is 7.50. The first kappa shape index (κ1) is 20.1. The van der Waals surface area contributed by atoms with Crippen molar-refractivity contribution in [2.45, 2.75) is 38.4 Å². The van der Waals surface area contributed by atoms with E-state index in [0.29, 0.717) is 11.0 Å². The number of nitrogens with one attached hydrogen (secondary N) is 1. The van der Waals surface area contributed by atoms with Gasteiger partial charge in [-0.15, -0.1) is 21.5 Å². The van der Waals surface area contributed by atoms with Crippen molar-refractivity contribution in [1.29, 1.82) is 0 Å². The average molecular weight is 444 g/mol. The fourth-order valence-corrected chi connectivity index (χ4v) is 5.47. The van der Waals surface area contributed by atoms with Crippen molar-refractivity contribution < 1.29 is 4.79 Å². The van der Waals surface area contributed by atoms with E-state index in [4.69, 9.17) is 0 Å². The van der Waals surface area contributed by atoms with Gasteiger partial charge in [0, 0.05) is 22.4 Å². The van der Waals surface area contributed by atoms with E-state index in [9.17, 15) is 4.79 Å². The normalized spacial score (nSPS) is 11.4. The summed E-state index contributed by atoms with van der Waals surface area (Å²) in [5.41, 5.74) is 1.98. The van der Waals surface area contributed by atoms with Crippen LogP contribution in [-0.2, 0) is 11.3 Å². The van der Waals surface area contributed by atoms with Gasteiger partial charge in [0.2, 0.25) is 5.91 Å². The fourth-order valence-electron chi connectivity index (χ4n) is 2.88. The Balaban J connectivity index is 1.43. The average Bonchev–Trinajstić information content (AvgIpc) is 3.42. The lowest BCUT2D eigenvalue weighted by Gasteiger charge is -2.06. The number of thioether (sulfide) groups is 1. The van der Waals surface area contributed by atoms with Crippen molar-refractivity contribution in [3.8, 4) is 11.4 Å². The summed E-state index contributed by atoms with van der Waals surface area (Å²) in [7, 11) is 0. The van der Waals surface area contributed by atoms with E-state index < -0.39 is 0 Å². The maximum absolute atomic E-state index is 12.4. The first-order valence-electron chi connectivity index (χ1n) is 9.35. The summed E-state index contributed by atoms with van der Waals surface area (Å²) in [5.74, 6) is 1.50. The van der Waals surface area contributed by atoms with Crippen molar-refractivity contribution in [3.05, 3.63) is 40.6 Å². The third kappa shape index (κ3) is 4.36. The fraction of sp³-hybridized carbons (Fsp3) is 0.300. The van der Waals surface area contributed by atoms with Gasteiger partial charge in [-0.05, 0) is 31.0 Å². The Morgan fingerprint density at radius 1 is 1.28 bits per heavy atom. The number of anilines is 1. The third-order valence-electron chi connectivity index (χ3n) is 4.35. The summed E-state index contributed by atoms with van der Waals surface area (Å²) in [5, 5.41) is 15.1. The van der Waals surface area contributed by atoms with Gasteiger partial charge in [-0.25, -0.2) is 4.98 Å². The Morgan fingerprint density at radius 2 is 2.10 bits per heavy atom. The molecule has 0 aliphatic rings. The van der Waals surface area contributed by atoms with E-state index in [2.05, 4.69) is 57.3 Å². The molecule has 1 aromatic carbocycles. The van der Waals surface area contributed by atoms with Crippen LogP contribution in [0.5, 0.6) is 0 Å². The van der Waals surface area contributed by atoms with Crippen molar-refractivity contribution in [1.82, 2.24) is 19.7 Å². The molecule has 3 aromatic heterocycles. The largest absolute Gasteiger partial charge is 0.302 e. The Hall–Kier alpha value is -2.23. The Bertz CT molecular complexity index is 1110. The summed E-state index contributed by atoms with van der Waals surface area (Å²) in [6.07, 6.45) is 0. The molecule has 6 nitrogen and oxygen atoms in total. The topological polar surface area (TPSA) is 72.7 Å². The number of amides is 1. The molecule has 1 amide bonds. The van der Waals surface area contributed by atoms with Crippen molar-refractivity contribution in [2.24, 2.45) is 0 Å². The van der Waals surface area contributed by atoms with Crippen molar-refractivity contribution >= 4 is 55.7 Å². The molecule has 4 rings (SSSR count). The highest BCUT2D eigenvalue weighted by atomic mass is 32.2. The molecule has 0 radical (unpaired) electrons. The van der Waals surface area contributed by atoms with Gasteiger partial charge in [-0.3, -0.25) is 4.79 Å². The van der Waals surface area contributed by atoms with Gasteiger partial charge in [0.1, 0.15) is 0 Å². The van der Waals surface area contributed by atoms with Gasteiger partial charge in [-0.2, -0.15) is 0 Å². The van der Waals surface area contributed by atoms with Crippen LogP contribution in [0.25, 0.3) is 21.6 Å². The minimum atomic E-state index is -0.0983. The van der Waals surface area contributed by atoms with E-state index in [1.54, 1.807) is 11.3 Å². The van der Waals surface area contributed by atoms with Gasteiger partial charge in [0.25, 0.3) is 0 Å². The van der Waals surface area contributed by atoms with Gasteiger partial charge in [0.05, 0.1) is 16.0 Å². The van der Waals surface area contributed by atoms with E-state index in [1.807, 2.05) is 24.3 Å². The maximum atomic E-state index is 12.4. The van der Waals surface area contributed by atoms with Crippen LogP contribution in [0, 0.1) is 0 Å². The highest BCUT2D eigenvalue weighted by Crippen LogP contribution is 2.31. The molecule has 3 heterocycles. The number of thiazole rings is 1. The highest BCUT2D eigenvalue weighted by Gasteiger charge is 2.17. The van der Waals surface area contributed by atoms with Crippen molar-refractivity contribution in [3.63, 3.8) is 0 Å². The predicted octanol–water partition coefficient (Wildman–Crippen LogP) is 5.49. The quantitative estimate of drug-likeness (QED) is 0.382.